The molecule has 0 aliphatic carbocycles. The second kappa shape index (κ2) is 18.6. The number of nitrogens with one attached hydrogen (secondary N) is 2. The van der Waals surface area contributed by atoms with Gasteiger partial charge in [-0.1, -0.05) is 24.0 Å². The van der Waals surface area contributed by atoms with Crippen LogP contribution in [0.4, 0.5) is 23.7 Å². The summed E-state index contributed by atoms with van der Waals surface area (Å²) in [5, 5.41) is 21.0. The monoisotopic (exact) mass is 779 g/mol. The first-order valence-corrected chi connectivity index (χ1v) is 18.7. The first kappa shape index (κ1) is 42.9. The second-order valence-electron chi connectivity index (χ2n) is 15.2. The van der Waals surface area contributed by atoms with E-state index in [9.17, 15) is 27.9 Å². The highest BCUT2D eigenvalue weighted by Gasteiger charge is 2.42. The number of hydrogen-bond donors (Lipinski definition) is 3. The fourth-order valence-electron chi connectivity index (χ4n) is 5.87. The number of aliphatic hydroxyl groups excluding tert-OH is 1. The first-order chi connectivity index (χ1) is 25.3. The molecule has 54 heavy (non-hydrogen) atoms. The smallest absolute Gasteiger partial charge is 0.418 e. The van der Waals surface area contributed by atoms with E-state index in [2.05, 4.69) is 39.5 Å². The fraction of sp³-hybridized carbons (Fsp3) is 0.605. The lowest BCUT2D eigenvalue weighted by atomic mass is 9.89. The number of fused-ring (bicyclic) bond motifs is 1. The van der Waals surface area contributed by atoms with Crippen molar-refractivity contribution in [3.8, 4) is 11.8 Å². The third kappa shape index (κ3) is 13.2. The lowest BCUT2D eigenvalue weighted by Crippen LogP contribution is -2.45. The summed E-state index contributed by atoms with van der Waals surface area (Å²) in [7, 11) is 2.06. The lowest BCUT2D eigenvalue weighted by Gasteiger charge is -2.38. The summed E-state index contributed by atoms with van der Waals surface area (Å²) >= 11 is 1.07. The van der Waals surface area contributed by atoms with Gasteiger partial charge >= 0.3 is 18.2 Å². The molecule has 3 heterocycles. The number of ether oxygens (including phenoxy) is 4. The number of likely N-dealkylation sites (tertiary alicyclic amines) is 1. The summed E-state index contributed by atoms with van der Waals surface area (Å²) in [4.78, 5) is 26.5. The number of anilines is 1. The van der Waals surface area contributed by atoms with E-state index in [0.717, 1.165) is 37.3 Å². The van der Waals surface area contributed by atoms with Crippen LogP contribution in [0.5, 0.6) is 0 Å². The molecule has 2 aromatic heterocycles. The Morgan fingerprint density at radius 1 is 1.06 bits per heavy atom. The van der Waals surface area contributed by atoms with Crippen molar-refractivity contribution >= 4 is 39.2 Å². The number of aromatic nitrogens is 2. The molecule has 1 fully saturated rings. The predicted molar refractivity (Wildman–Crippen MR) is 201 cm³/mol. The summed E-state index contributed by atoms with van der Waals surface area (Å²) in [5.41, 5.74) is -0.561. The summed E-state index contributed by atoms with van der Waals surface area (Å²) in [5.74, 6) is 5.22. The normalized spacial score (nSPS) is 17.5. The van der Waals surface area contributed by atoms with Crippen LogP contribution >= 0.6 is 11.3 Å². The van der Waals surface area contributed by atoms with Crippen molar-refractivity contribution in [3.63, 3.8) is 0 Å². The fourth-order valence-corrected chi connectivity index (χ4v) is 7.06. The zero-order valence-corrected chi connectivity index (χ0v) is 32.8. The molecule has 1 aliphatic rings. The number of piperidine rings is 1. The summed E-state index contributed by atoms with van der Waals surface area (Å²) in [6.45, 7) is 14.2. The molecule has 1 amide bonds. The zero-order valence-electron chi connectivity index (χ0n) is 32.0. The van der Waals surface area contributed by atoms with Crippen molar-refractivity contribution in [2.75, 3.05) is 58.4 Å². The van der Waals surface area contributed by atoms with Gasteiger partial charge in [-0.3, -0.25) is 4.68 Å². The number of benzene rings is 1. The Morgan fingerprint density at radius 3 is 2.44 bits per heavy atom. The Bertz CT molecular complexity index is 1770. The number of aliphatic hydroxyl groups is 1. The van der Waals surface area contributed by atoms with Crippen LogP contribution < -0.4 is 10.6 Å². The number of hydrogen-bond acceptors (Lipinski definition) is 11. The Kier molecular flexibility index (Phi) is 14.8. The van der Waals surface area contributed by atoms with Gasteiger partial charge in [0.1, 0.15) is 11.2 Å². The van der Waals surface area contributed by atoms with E-state index in [1.807, 2.05) is 26.8 Å². The maximum absolute atomic E-state index is 13.9. The van der Waals surface area contributed by atoms with Crippen LogP contribution in [-0.4, -0.2) is 108 Å². The van der Waals surface area contributed by atoms with Crippen LogP contribution in [0.3, 0.4) is 0 Å². The average molecular weight is 780 g/mol. The molecule has 16 heteroatoms. The highest BCUT2D eigenvalue weighted by molar-refractivity contribution is 7.20. The van der Waals surface area contributed by atoms with Gasteiger partial charge in [0.25, 0.3) is 0 Å². The number of rotatable bonds is 14. The van der Waals surface area contributed by atoms with Crippen molar-refractivity contribution in [1.29, 1.82) is 0 Å². The van der Waals surface area contributed by atoms with E-state index in [0.29, 0.717) is 48.9 Å². The number of carbonyl (C=O) groups is 2. The van der Waals surface area contributed by atoms with Gasteiger partial charge in [-0.2, -0.15) is 18.3 Å². The molecule has 0 saturated carbocycles. The minimum Gasteiger partial charge on any atom is -0.456 e. The lowest BCUT2D eigenvalue weighted by molar-refractivity contribution is -0.206. The molecule has 1 aliphatic heterocycles. The molecule has 0 spiro atoms. The number of nitrogens with zero attached hydrogens (tertiary/aromatic N) is 3. The highest BCUT2D eigenvalue weighted by Crippen LogP contribution is 2.44. The maximum atomic E-state index is 13.9. The molecule has 1 saturated heterocycles. The number of esters is 1. The third-order valence-corrected chi connectivity index (χ3v) is 9.44. The zero-order chi connectivity index (χ0) is 39.7. The standard InChI is InChI=1S/C38H52F3N5O7S/c1-36(2,3)52-34(48)26-22-43-46(24-26)17-19-51-21-20-50-18-14-25-23-45(7)16-13-28(25)44-29-11-8-10-27-31(33(47)38(39,40)41)30(54-32(27)29)12-9-15-42-35(49)53-37(4,5)6/h8,10-11,22,24-25,28,33,44,47H,13-21,23H2,1-7H3,(H,42,49). The molecule has 4 rings (SSSR count). The van der Waals surface area contributed by atoms with Crippen LogP contribution in [-0.2, 0) is 25.5 Å². The minimum atomic E-state index is -4.90. The van der Waals surface area contributed by atoms with Crippen molar-refractivity contribution in [2.45, 2.75) is 90.5 Å². The average Bonchev–Trinajstić information content (AvgIpc) is 3.68. The molecule has 3 N–H and O–H groups in total. The number of alkyl carbamates (subject to hydrolysis) is 1. The Labute approximate surface area is 318 Å². The number of alkyl halides is 3. The van der Waals surface area contributed by atoms with Gasteiger partial charge in [0.15, 0.2) is 6.10 Å². The van der Waals surface area contributed by atoms with E-state index in [1.165, 1.54) is 6.20 Å². The van der Waals surface area contributed by atoms with Crippen molar-refractivity contribution < 1.29 is 46.8 Å². The molecular weight excluding hydrogens is 728 g/mol. The van der Waals surface area contributed by atoms with Crippen LogP contribution in [0, 0.1) is 17.8 Å². The molecule has 12 nitrogen and oxygen atoms in total. The number of halogens is 3. The largest absolute Gasteiger partial charge is 0.456 e. The summed E-state index contributed by atoms with van der Waals surface area (Å²) < 4.78 is 66.0. The van der Waals surface area contributed by atoms with Gasteiger partial charge in [0.2, 0.25) is 0 Å². The number of carbonyl (C=O) groups excluding carboxylic acids is 2. The quantitative estimate of drug-likeness (QED) is 0.0961. The molecular formula is C38H52F3N5O7S. The third-order valence-electron chi connectivity index (χ3n) is 8.27. The van der Waals surface area contributed by atoms with Crippen molar-refractivity contribution in [2.24, 2.45) is 5.92 Å². The summed E-state index contributed by atoms with van der Waals surface area (Å²) in [6, 6.07) is 5.08. The Hall–Kier alpha value is -3.88. The SMILES string of the molecule is CN1CCC(Nc2cccc3c(C(O)C(F)(F)F)c(C#CCNC(=O)OC(C)(C)C)sc23)C(CCOCCOCCn2cc(C(=O)OC(C)(C)C)cn2)C1. The van der Waals surface area contributed by atoms with Crippen LogP contribution in [0.25, 0.3) is 10.1 Å². The van der Waals surface area contributed by atoms with E-state index >= 15 is 0 Å². The highest BCUT2D eigenvalue weighted by atomic mass is 32.1. The topological polar surface area (TPSA) is 136 Å². The Balaban J connectivity index is 1.33. The van der Waals surface area contributed by atoms with Gasteiger partial charge in [-0.25, -0.2) is 9.59 Å². The molecule has 0 radical (unpaired) electrons. The molecule has 3 aromatic rings. The number of amides is 1. The molecule has 1 aromatic carbocycles. The Morgan fingerprint density at radius 2 is 1.76 bits per heavy atom. The molecule has 3 atom stereocenters. The van der Waals surface area contributed by atoms with Gasteiger partial charge < -0.3 is 39.6 Å². The maximum Gasteiger partial charge on any atom is 0.418 e. The van der Waals surface area contributed by atoms with Gasteiger partial charge in [0.05, 0.1) is 59.9 Å². The second-order valence-corrected chi connectivity index (χ2v) is 16.2. The first-order valence-electron chi connectivity index (χ1n) is 17.9. The van der Waals surface area contributed by atoms with Crippen molar-refractivity contribution in [1.82, 2.24) is 20.0 Å². The van der Waals surface area contributed by atoms with Crippen molar-refractivity contribution in [3.05, 3.63) is 46.6 Å². The van der Waals surface area contributed by atoms with E-state index in [-0.39, 0.29) is 34.3 Å². The van der Waals surface area contributed by atoms with Gasteiger partial charge in [-0.05, 0) is 80.0 Å². The van der Waals surface area contributed by atoms with Gasteiger partial charge in [-0.15, -0.1) is 11.3 Å². The van der Waals surface area contributed by atoms with Crippen LogP contribution in [0.2, 0.25) is 0 Å². The molecule has 298 valence electrons. The van der Waals surface area contributed by atoms with E-state index in [1.54, 1.807) is 43.8 Å². The van der Waals surface area contributed by atoms with E-state index in [4.69, 9.17) is 18.9 Å². The van der Waals surface area contributed by atoms with Crippen LogP contribution in [0.1, 0.15) is 81.3 Å². The molecule has 0 bridgehead atoms. The molecule has 3 unspecified atom stereocenters. The van der Waals surface area contributed by atoms with Crippen LogP contribution in [0.15, 0.2) is 30.6 Å². The predicted octanol–water partition coefficient (Wildman–Crippen LogP) is 6.38. The number of thiophene rings is 1. The van der Waals surface area contributed by atoms with Gasteiger partial charge in [0, 0.05) is 36.3 Å². The van der Waals surface area contributed by atoms with E-state index < -0.39 is 35.5 Å². The minimum absolute atomic E-state index is 0.0249. The summed E-state index contributed by atoms with van der Waals surface area (Å²) in [6.07, 6.45) is -3.66.